The average molecular weight is 312 g/mol. The van der Waals surface area contributed by atoms with Crippen molar-refractivity contribution in [3.05, 3.63) is 65.7 Å². The molecule has 0 radical (unpaired) electrons. The Labute approximate surface area is 135 Å². The fourth-order valence-corrected chi connectivity index (χ4v) is 4.07. The lowest BCUT2D eigenvalue weighted by Gasteiger charge is -2.39. The molecule has 22 heavy (non-hydrogen) atoms. The van der Waals surface area contributed by atoms with E-state index in [0.717, 1.165) is 29.0 Å². The molecule has 0 saturated carbocycles. The van der Waals surface area contributed by atoms with E-state index in [0.29, 0.717) is 0 Å². The summed E-state index contributed by atoms with van der Waals surface area (Å²) in [4.78, 5) is 15.4. The molecule has 0 fully saturated rings. The number of amides is 1. The van der Waals surface area contributed by atoms with Crippen molar-refractivity contribution in [2.24, 2.45) is 0 Å². The van der Waals surface area contributed by atoms with E-state index in [-0.39, 0.29) is 5.91 Å². The number of rotatable bonds is 4. The second-order valence-electron chi connectivity index (χ2n) is 5.80. The lowest BCUT2D eigenvalue weighted by Crippen LogP contribution is -2.47. The Kier molecular flexibility index (Phi) is 4.23. The molecule has 1 heterocycles. The van der Waals surface area contributed by atoms with Crippen LogP contribution in [0.5, 0.6) is 0 Å². The first-order chi connectivity index (χ1) is 10.6. The van der Waals surface area contributed by atoms with Crippen LogP contribution >= 0.6 is 11.8 Å². The number of fused-ring (bicyclic) bond motifs is 1. The highest BCUT2D eigenvalue weighted by atomic mass is 32.2. The second-order valence-corrected chi connectivity index (χ2v) is 7.14. The number of nitrogens with zero attached hydrogens (tertiary/aromatic N) is 1. The zero-order valence-corrected chi connectivity index (χ0v) is 13.7. The van der Waals surface area contributed by atoms with Gasteiger partial charge in [-0.2, -0.15) is 0 Å². The standard InChI is InChI=1S/C18H20N2OS/c1-20(2)13-12-18(14-8-4-3-5-9-14)19-17(21)15-10-6-7-11-16(15)22-18/h3-11H,12-13H2,1-2H3,(H,19,21). The van der Waals surface area contributed by atoms with Crippen LogP contribution < -0.4 is 5.32 Å². The van der Waals surface area contributed by atoms with Gasteiger partial charge in [0.2, 0.25) is 0 Å². The van der Waals surface area contributed by atoms with Crippen LogP contribution in [0.4, 0.5) is 0 Å². The topological polar surface area (TPSA) is 32.3 Å². The van der Waals surface area contributed by atoms with E-state index in [4.69, 9.17) is 0 Å². The van der Waals surface area contributed by atoms with Crippen molar-refractivity contribution in [2.45, 2.75) is 16.2 Å². The van der Waals surface area contributed by atoms with Gasteiger partial charge in [-0.15, -0.1) is 0 Å². The van der Waals surface area contributed by atoms with Gasteiger partial charge in [0.15, 0.2) is 0 Å². The Bertz CT molecular complexity index is 672. The summed E-state index contributed by atoms with van der Waals surface area (Å²) >= 11 is 1.74. The first kappa shape index (κ1) is 15.1. The molecule has 0 bridgehead atoms. The maximum Gasteiger partial charge on any atom is 0.253 e. The Morgan fingerprint density at radius 1 is 1.05 bits per heavy atom. The molecule has 0 aliphatic carbocycles. The van der Waals surface area contributed by atoms with Crippen LogP contribution in [-0.2, 0) is 4.87 Å². The smallest absolute Gasteiger partial charge is 0.253 e. The maximum absolute atomic E-state index is 12.6. The highest BCUT2D eigenvalue weighted by Crippen LogP contribution is 2.46. The molecule has 3 rings (SSSR count). The Balaban J connectivity index is 2.03. The molecular formula is C18H20N2OS. The zero-order valence-electron chi connectivity index (χ0n) is 12.9. The molecule has 1 amide bonds. The van der Waals surface area contributed by atoms with E-state index in [2.05, 4.69) is 36.4 Å². The Morgan fingerprint density at radius 3 is 2.45 bits per heavy atom. The zero-order chi connectivity index (χ0) is 15.6. The van der Waals surface area contributed by atoms with Gasteiger partial charge in [0, 0.05) is 11.4 Å². The van der Waals surface area contributed by atoms with Crippen LogP contribution in [0.15, 0.2) is 59.5 Å². The molecule has 1 N–H and O–H groups in total. The molecule has 0 spiro atoms. The van der Waals surface area contributed by atoms with Gasteiger partial charge in [0.05, 0.1) is 5.56 Å². The summed E-state index contributed by atoms with van der Waals surface area (Å²) < 4.78 is 0. The van der Waals surface area contributed by atoms with Gasteiger partial charge in [-0.3, -0.25) is 4.79 Å². The summed E-state index contributed by atoms with van der Waals surface area (Å²) in [7, 11) is 4.11. The average Bonchev–Trinajstić information content (AvgIpc) is 2.54. The normalized spacial score (nSPS) is 20.6. The molecule has 3 nitrogen and oxygen atoms in total. The van der Waals surface area contributed by atoms with Crippen LogP contribution in [0.2, 0.25) is 0 Å². The number of hydrogen-bond acceptors (Lipinski definition) is 3. The van der Waals surface area contributed by atoms with Gasteiger partial charge in [-0.25, -0.2) is 0 Å². The molecule has 114 valence electrons. The molecule has 1 aliphatic heterocycles. The quantitative estimate of drug-likeness (QED) is 0.940. The summed E-state index contributed by atoms with van der Waals surface area (Å²) in [5, 5.41) is 3.26. The third-order valence-electron chi connectivity index (χ3n) is 3.88. The monoisotopic (exact) mass is 312 g/mol. The summed E-state index contributed by atoms with van der Waals surface area (Å²) in [5.74, 6) is 0.0111. The van der Waals surface area contributed by atoms with Crippen molar-refractivity contribution >= 4 is 17.7 Å². The SMILES string of the molecule is CN(C)CCC1(c2ccccc2)NC(=O)c2ccccc2S1. The van der Waals surface area contributed by atoms with Crippen LogP contribution in [0, 0.1) is 0 Å². The van der Waals surface area contributed by atoms with Gasteiger partial charge < -0.3 is 10.2 Å². The number of thioether (sulfide) groups is 1. The number of hydrogen-bond donors (Lipinski definition) is 1. The number of nitrogens with one attached hydrogen (secondary N) is 1. The summed E-state index contributed by atoms with van der Waals surface area (Å²) in [5.41, 5.74) is 1.91. The van der Waals surface area contributed by atoms with Crippen molar-refractivity contribution in [3.8, 4) is 0 Å². The van der Waals surface area contributed by atoms with E-state index < -0.39 is 4.87 Å². The van der Waals surface area contributed by atoms with Crippen LogP contribution in [0.25, 0.3) is 0 Å². The molecular weight excluding hydrogens is 292 g/mol. The van der Waals surface area contributed by atoms with Crippen molar-refractivity contribution in [1.29, 1.82) is 0 Å². The number of benzene rings is 2. The minimum absolute atomic E-state index is 0.0111. The Hall–Kier alpha value is -1.78. The van der Waals surface area contributed by atoms with Crippen LogP contribution in [-0.4, -0.2) is 31.4 Å². The van der Waals surface area contributed by atoms with E-state index in [1.807, 2.05) is 42.5 Å². The molecule has 0 saturated heterocycles. The van der Waals surface area contributed by atoms with Crippen molar-refractivity contribution < 1.29 is 4.79 Å². The maximum atomic E-state index is 12.6. The molecule has 2 aromatic carbocycles. The van der Waals surface area contributed by atoms with Gasteiger partial charge in [-0.05, 0) is 38.2 Å². The highest BCUT2D eigenvalue weighted by molar-refractivity contribution is 8.00. The van der Waals surface area contributed by atoms with Gasteiger partial charge in [-0.1, -0.05) is 54.2 Å². The van der Waals surface area contributed by atoms with E-state index in [1.165, 1.54) is 0 Å². The number of carbonyl (C=O) groups excluding carboxylic acids is 1. The summed E-state index contributed by atoms with van der Waals surface area (Å²) in [6.45, 7) is 0.907. The van der Waals surface area contributed by atoms with E-state index in [1.54, 1.807) is 11.8 Å². The fraction of sp³-hybridized carbons (Fsp3) is 0.278. The van der Waals surface area contributed by atoms with Crippen molar-refractivity contribution in [2.75, 3.05) is 20.6 Å². The van der Waals surface area contributed by atoms with Crippen molar-refractivity contribution in [3.63, 3.8) is 0 Å². The van der Waals surface area contributed by atoms with Gasteiger partial charge >= 0.3 is 0 Å². The van der Waals surface area contributed by atoms with Gasteiger partial charge in [0.1, 0.15) is 4.87 Å². The lowest BCUT2D eigenvalue weighted by atomic mass is 10.0. The number of carbonyl (C=O) groups is 1. The first-order valence-electron chi connectivity index (χ1n) is 7.41. The summed E-state index contributed by atoms with van der Waals surface area (Å²) in [6, 6.07) is 18.1. The van der Waals surface area contributed by atoms with E-state index >= 15 is 0 Å². The minimum atomic E-state index is -0.406. The van der Waals surface area contributed by atoms with Crippen molar-refractivity contribution in [1.82, 2.24) is 10.2 Å². The summed E-state index contributed by atoms with van der Waals surface area (Å²) in [6.07, 6.45) is 0.856. The Morgan fingerprint density at radius 2 is 1.73 bits per heavy atom. The lowest BCUT2D eigenvalue weighted by molar-refractivity contribution is 0.0915. The van der Waals surface area contributed by atoms with Crippen LogP contribution in [0.1, 0.15) is 22.3 Å². The van der Waals surface area contributed by atoms with E-state index in [9.17, 15) is 4.79 Å². The molecule has 0 aromatic heterocycles. The molecule has 1 aliphatic rings. The second kappa shape index (κ2) is 6.15. The predicted molar refractivity (Wildman–Crippen MR) is 91.1 cm³/mol. The predicted octanol–water partition coefficient (Wildman–Crippen LogP) is 3.33. The van der Waals surface area contributed by atoms with Crippen LogP contribution in [0.3, 0.4) is 0 Å². The molecule has 2 aromatic rings. The molecule has 1 unspecified atom stereocenters. The molecule has 1 atom stereocenters. The largest absolute Gasteiger partial charge is 0.333 e. The first-order valence-corrected chi connectivity index (χ1v) is 8.23. The minimum Gasteiger partial charge on any atom is -0.333 e. The third-order valence-corrected chi connectivity index (χ3v) is 5.35. The molecule has 4 heteroatoms. The fourth-order valence-electron chi connectivity index (χ4n) is 2.68. The highest BCUT2D eigenvalue weighted by Gasteiger charge is 2.39. The third kappa shape index (κ3) is 2.89. The van der Waals surface area contributed by atoms with Gasteiger partial charge in [0.25, 0.3) is 5.91 Å².